The zero-order chi connectivity index (χ0) is 21.4. The normalized spacial score (nSPS) is 12.8. The van der Waals surface area contributed by atoms with E-state index in [9.17, 15) is 23.6 Å². The summed E-state index contributed by atoms with van der Waals surface area (Å²) in [7, 11) is 0. The standard InChI is InChI=1S/C22H14FN3O4/c23-14-6-1-12(2-7-14)3-10-17(27)13-4-8-15(9-5-13)26-18(28)11-16-19(20(26)24)22(30)25-21(16)29/h1-11H,24H2,(H,25,29,30). The second kappa shape index (κ2) is 7.25. The minimum atomic E-state index is -0.668. The van der Waals surface area contributed by atoms with Crippen LogP contribution in [0.25, 0.3) is 11.8 Å². The SMILES string of the molecule is Nc1c2c(cc(=O)n1-c1ccc(C(=O)C=Cc3ccc(F)cc3)cc1)C(=O)NC2=O. The summed E-state index contributed by atoms with van der Waals surface area (Å²) in [5.41, 5.74) is 6.67. The zero-order valence-electron chi connectivity index (χ0n) is 15.4. The number of rotatable bonds is 4. The number of imide groups is 1. The molecule has 0 atom stereocenters. The molecule has 8 heteroatoms. The fourth-order valence-electron chi connectivity index (χ4n) is 3.16. The van der Waals surface area contributed by atoms with Gasteiger partial charge in [0.15, 0.2) is 5.78 Å². The van der Waals surface area contributed by atoms with Crippen LogP contribution in [-0.2, 0) is 0 Å². The highest BCUT2D eigenvalue weighted by atomic mass is 19.1. The smallest absolute Gasteiger partial charge is 0.262 e. The highest BCUT2D eigenvalue weighted by Crippen LogP contribution is 2.23. The maximum absolute atomic E-state index is 12.9. The van der Waals surface area contributed by atoms with E-state index in [0.29, 0.717) is 16.8 Å². The fraction of sp³-hybridized carbons (Fsp3) is 0. The summed E-state index contributed by atoms with van der Waals surface area (Å²) in [5.74, 6) is -2.14. The van der Waals surface area contributed by atoms with Crippen LogP contribution in [0.4, 0.5) is 10.2 Å². The number of anilines is 1. The third-order valence-corrected chi connectivity index (χ3v) is 4.66. The van der Waals surface area contributed by atoms with Gasteiger partial charge >= 0.3 is 0 Å². The van der Waals surface area contributed by atoms with E-state index < -0.39 is 17.4 Å². The number of amides is 2. The number of nitrogens with zero attached hydrogens (tertiary/aromatic N) is 1. The molecular weight excluding hydrogens is 389 g/mol. The summed E-state index contributed by atoms with van der Waals surface area (Å²) < 4.78 is 14.0. The van der Waals surface area contributed by atoms with Gasteiger partial charge in [-0.05, 0) is 48.0 Å². The average Bonchev–Trinajstić information content (AvgIpc) is 3.01. The Morgan fingerprint density at radius 3 is 2.30 bits per heavy atom. The lowest BCUT2D eigenvalue weighted by Crippen LogP contribution is -2.24. The Kier molecular flexibility index (Phi) is 4.59. The molecule has 0 saturated heterocycles. The number of halogens is 1. The lowest BCUT2D eigenvalue weighted by molar-refractivity contribution is 0.0879. The number of hydrogen-bond acceptors (Lipinski definition) is 5. The molecule has 0 aliphatic carbocycles. The first-order chi connectivity index (χ1) is 14.3. The molecule has 0 fully saturated rings. The van der Waals surface area contributed by atoms with E-state index in [2.05, 4.69) is 5.32 Å². The van der Waals surface area contributed by atoms with Crippen molar-refractivity contribution in [3.05, 3.63) is 99.1 Å². The number of nitrogens with two attached hydrogens (primary N) is 1. The van der Waals surface area contributed by atoms with Crippen LogP contribution in [0.5, 0.6) is 0 Å². The first kappa shape index (κ1) is 19.0. The Bertz CT molecular complexity index is 1290. The number of carbonyl (C=O) groups is 3. The number of ketones is 1. The summed E-state index contributed by atoms with van der Waals surface area (Å²) >= 11 is 0. The van der Waals surface area contributed by atoms with Crippen molar-refractivity contribution in [3.8, 4) is 5.69 Å². The number of fused-ring (bicyclic) bond motifs is 1. The lowest BCUT2D eigenvalue weighted by Gasteiger charge is -2.12. The summed E-state index contributed by atoms with van der Waals surface area (Å²) in [4.78, 5) is 48.5. The Balaban J connectivity index is 1.63. The van der Waals surface area contributed by atoms with Gasteiger partial charge in [-0.3, -0.25) is 29.1 Å². The molecule has 1 aliphatic heterocycles. The molecule has 1 aromatic heterocycles. The van der Waals surface area contributed by atoms with Crippen molar-refractivity contribution in [2.24, 2.45) is 0 Å². The van der Waals surface area contributed by atoms with Gasteiger partial charge in [-0.25, -0.2) is 4.39 Å². The molecule has 2 heterocycles. The number of hydrogen-bond donors (Lipinski definition) is 2. The molecule has 4 rings (SSSR count). The van der Waals surface area contributed by atoms with Crippen LogP contribution in [0.2, 0.25) is 0 Å². The van der Waals surface area contributed by atoms with Crippen LogP contribution in [0.1, 0.15) is 36.6 Å². The van der Waals surface area contributed by atoms with Gasteiger partial charge in [0.1, 0.15) is 11.6 Å². The second-order valence-corrected chi connectivity index (χ2v) is 6.57. The van der Waals surface area contributed by atoms with Crippen LogP contribution >= 0.6 is 0 Å². The van der Waals surface area contributed by atoms with E-state index in [1.54, 1.807) is 18.2 Å². The molecule has 148 valence electrons. The van der Waals surface area contributed by atoms with E-state index in [1.807, 2.05) is 0 Å². The van der Waals surface area contributed by atoms with Gasteiger partial charge in [0.2, 0.25) is 0 Å². The Hall–Kier alpha value is -4.33. The first-order valence-corrected chi connectivity index (χ1v) is 8.85. The molecular formula is C22H14FN3O4. The molecule has 30 heavy (non-hydrogen) atoms. The van der Waals surface area contributed by atoms with Crippen LogP contribution in [0.15, 0.2) is 65.5 Å². The quantitative estimate of drug-likeness (QED) is 0.395. The van der Waals surface area contributed by atoms with Gasteiger partial charge in [-0.15, -0.1) is 0 Å². The number of pyridine rings is 1. The van der Waals surface area contributed by atoms with E-state index in [-0.39, 0.29) is 28.5 Å². The summed E-state index contributed by atoms with van der Waals surface area (Å²) in [6, 6.07) is 12.8. The number of nitrogens with one attached hydrogen (secondary N) is 1. The molecule has 0 spiro atoms. The first-order valence-electron chi connectivity index (χ1n) is 8.85. The van der Waals surface area contributed by atoms with Crippen molar-refractivity contribution < 1.29 is 18.8 Å². The maximum atomic E-state index is 12.9. The van der Waals surface area contributed by atoms with E-state index in [4.69, 9.17) is 5.73 Å². The Labute approximate surface area is 169 Å². The average molecular weight is 403 g/mol. The second-order valence-electron chi connectivity index (χ2n) is 6.57. The number of nitrogen functional groups attached to an aromatic ring is 1. The molecule has 0 radical (unpaired) electrons. The van der Waals surface area contributed by atoms with Crippen LogP contribution in [0, 0.1) is 5.82 Å². The third kappa shape index (κ3) is 3.30. The molecule has 0 bridgehead atoms. The van der Waals surface area contributed by atoms with Crippen molar-refractivity contribution in [1.29, 1.82) is 0 Å². The van der Waals surface area contributed by atoms with Gasteiger partial charge in [0, 0.05) is 11.6 Å². The third-order valence-electron chi connectivity index (χ3n) is 4.66. The largest absolute Gasteiger partial charge is 0.384 e. The van der Waals surface area contributed by atoms with Crippen molar-refractivity contribution in [1.82, 2.24) is 9.88 Å². The van der Waals surface area contributed by atoms with E-state index in [1.165, 1.54) is 42.5 Å². The molecule has 2 amide bonds. The van der Waals surface area contributed by atoms with E-state index in [0.717, 1.165) is 10.6 Å². The molecule has 7 nitrogen and oxygen atoms in total. The van der Waals surface area contributed by atoms with Crippen LogP contribution in [-0.4, -0.2) is 22.2 Å². The molecule has 0 unspecified atom stereocenters. The van der Waals surface area contributed by atoms with Crippen molar-refractivity contribution in [2.45, 2.75) is 0 Å². The number of benzene rings is 2. The van der Waals surface area contributed by atoms with Crippen molar-refractivity contribution >= 4 is 29.5 Å². The number of carbonyl (C=O) groups excluding carboxylic acids is 3. The van der Waals surface area contributed by atoms with Gasteiger partial charge in [-0.2, -0.15) is 0 Å². The molecule has 2 aromatic carbocycles. The summed E-state index contributed by atoms with van der Waals surface area (Å²) in [6.07, 6.45) is 2.92. The Morgan fingerprint density at radius 2 is 1.63 bits per heavy atom. The van der Waals surface area contributed by atoms with Gasteiger partial charge < -0.3 is 5.73 Å². The zero-order valence-corrected chi connectivity index (χ0v) is 15.4. The highest BCUT2D eigenvalue weighted by Gasteiger charge is 2.31. The molecule has 0 saturated carbocycles. The summed E-state index contributed by atoms with van der Waals surface area (Å²) in [5, 5.41) is 2.10. The Morgan fingerprint density at radius 1 is 0.967 bits per heavy atom. The fourth-order valence-corrected chi connectivity index (χ4v) is 3.16. The van der Waals surface area contributed by atoms with Crippen LogP contribution in [0.3, 0.4) is 0 Å². The molecule has 1 aliphatic rings. The summed E-state index contributed by atoms with van der Waals surface area (Å²) in [6.45, 7) is 0. The minimum absolute atomic E-state index is 0.0537. The highest BCUT2D eigenvalue weighted by molar-refractivity contribution is 6.23. The topological polar surface area (TPSA) is 111 Å². The lowest BCUT2D eigenvalue weighted by atomic mass is 10.1. The predicted octanol–water partition coefficient (Wildman–Crippen LogP) is 2.34. The minimum Gasteiger partial charge on any atom is -0.384 e. The number of allylic oxidation sites excluding steroid dienone is 1. The maximum Gasteiger partial charge on any atom is 0.262 e. The van der Waals surface area contributed by atoms with Crippen molar-refractivity contribution in [3.63, 3.8) is 0 Å². The van der Waals surface area contributed by atoms with Crippen molar-refractivity contribution in [2.75, 3.05) is 5.73 Å². The molecule has 3 N–H and O–H groups in total. The predicted molar refractivity (Wildman–Crippen MR) is 108 cm³/mol. The van der Waals surface area contributed by atoms with Crippen LogP contribution < -0.4 is 16.6 Å². The molecule has 3 aromatic rings. The van der Waals surface area contributed by atoms with E-state index >= 15 is 0 Å². The van der Waals surface area contributed by atoms with Gasteiger partial charge in [0.05, 0.1) is 16.8 Å². The number of aromatic nitrogens is 1. The van der Waals surface area contributed by atoms with Gasteiger partial charge in [-0.1, -0.05) is 18.2 Å². The van der Waals surface area contributed by atoms with Gasteiger partial charge in [0.25, 0.3) is 17.4 Å². The monoisotopic (exact) mass is 403 g/mol.